The Morgan fingerprint density at radius 3 is 1.00 bits per heavy atom. The Bertz CT molecular complexity index is 567. The number of aliphatic carboxylic acids is 4. The lowest BCUT2D eigenvalue weighted by Crippen LogP contribution is -2.63. The highest BCUT2D eigenvalue weighted by Crippen LogP contribution is 2.58. The van der Waals surface area contributed by atoms with Crippen LogP contribution < -0.4 is 0 Å². The monoisotopic (exact) mass is 400 g/mol. The molecule has 160 valence electrons. The van der Waals surface area contributed by atoms with Gasteiger partial charge in [0, 0.05) is 0 Å². The van der Waals surface area contributed by atoms with E-state index in [1.807, 2.05) is 0 Å². The van der Waals surface area contributed by atoms with Crippen molar-refractivity contribution in [3.63, 3.8) is 0 Å². The summed E-state index contributed by atoms with van der Waals surface area (Å²) in [6.07, 6.45) is 1.01. The Morgan fingerprint density at radius 2 is 0.857 bits per heavy atom. The molecule has 4 unspecified atom stereocenters. The molecule has 0 heterocycles. The predicted octanol–water partition coefficient (Wildman–Crippen LogP) is 2.91. The summed E-state index contributed by atoms with van der Waals surface area (Å²) in [6.45, 7) is 9.30. The summed E-state index contributed by atoms with van der Waals surface area (Å²) in [5.41, 5.74) is -4.58. The fourth-order valence-electron chi connectivity index (χ4n) is 5.57. The van der Waals surface area contributed by atoms with Crippen LogP contribution in [0.2, 0.25) is 0 Å². The Morgan fingerprint density at radius 1 is 0.643 bits per heavy atom. The summed E-state index contributed by atoms with van der Waals surface area (Å²) >= 11 is 0. The highest BCUT2D eigenvalue weighted by atomic mass is 16.4. The van der Waals surface area contributed by atoms with E-state index >= 15 is 0 Å². The third-order valence-electron chi connectivity index (χ3n) is 6.98. The van der Waals surface area contributed by atoms with Crippen LogP contribution in [0.1, 0.15) is 54.4 Å². The number of rotatable bonds is 8. The van der Waals surface area contributed by atoms with E-state index in [1.165, 1.54) is 27.7 Å². The molecule has 0 spiro atoms. The maximum absolute atomic E-state index is 12.4. The molecule has 1 fully saturated rings. The molecule has 0 aromatic carbocycles. The summed E-state index contributed by atoms with van der Waals surface area (Å²) in [6, 6.07) is 0. The van der Waals surface area contributed by atoms with Gasteiger partial charge in [0.1, 0.15) is 0 Å². The lowest BCUT2D eigenvalue weighted by atomic mass is 9.46. The van der Waals surface area contributed by atoms with Crippen LogP contribution >= 0.6 is 0 Å². The van der Waals surface area contributed by atoms with Crippen LogP contribution in [0.15, 0.2) is 0 Å². The lowest BCUT2D eigenvalue weighted by Gasteiger charge is -2.54. The lowest BCUT2D eigenvalue weighted by molar-refractivity contribution is -0.201. The molecular formula is C20H32O8. The smallest absolute Gasteiger partial charge is 0.321 e. The van der Waals surface area contributed by atoms with Crippen molar-refractivity contribution in [2.24, 2.45) is 46.3 Å². The molecule has 1 aliphatic carbocycles. The van der Waals surface area contributed by atoms with Gasteiger partial charge in [-0.05, 0) is 35.5 Å². The summed E-state index contributed by atoms with van der Waals surface area (Å²) in [7, 11) is 0. The summed E-state index contributed by atoms with van der Waals surface area (Å²) in [5.74, 6) is -11.2. The van der Waals surface area contributed by atoms with Crippen molar-refractivity contribution in [1.82, 2.24) is 0 Å². The van der Waals surface area contributed by atoms with Gasteiger partial charge in [0.2, 0.25) is 0 Å². The van der Waals surface area contributed by atoms with E-state index in [-0.39, 0.29) is 0 Å². The van der Waals surface area contributed by atoms with Gasteiger partial charge in [0.05, 0.1) is 0 Å². The molecule has 0 aromatic heterocycles. The number of hydrogen-bond acceptors (Lipinski definition) is 4. The molecule has 0 aliphatic heterocycles. The van der Waals surface area contributed by atoms with E-state index < -0.39 is 70.2 Å². The molecule has 8 heteroatoms. The molecular weight excluding hydrogens is 368 g/mol. The molecule has 1 aliphatic rings. The molecule has 1 saturated carbocycles. The molecule has 0 amide bonds. The molecule has 0 saturated heterocycles. The van der Waals surface area contributed by atoms with Crippen molar-refractivity contribution >= 4 is 23.9 Å². The molecule has 4 atom stereocenters. The van der Waals surface area contributed by atoms with E-state index in [0.29, 0.717) is 12.8 Å². The van der Waals surface area contributed by atoms with E-state index in [4.69, 9.17) is 0 Å². The minimum Gasteiger partial charge on any atom is -0.480 e. The van der Waals surface area contributed by atoms with Crippen molar-refractivity contribution < 1.29 is 39.6 Å². The Hall–Kier alpha value is -2.12. The quantitative estimate of drug-likeness (QED) is 0.454. The van der Waals surface area contributed by atoms with Crippen molar-refractivity contribution in [2.75, 3.05) is 0 Å². The second kappa shape index (κ2) is 8.09. The maximum atomic E-state index is 12.4. The van der Waals surface area contributed by atoms with Gasteiger partial charge >= 0.3 is 23.9 Å². The normalized spacial score (nSPS) is 26.3. The van der Waals surface area contributed by atoms with E-state index in [1.54, 1.807) is 13.8 Å². The first-order valence-electron chi connectivity index (χ1n) is 9.65. The standard InChI is InChI=1S/C20H32O8/c1-9(2)19(15(21)22,16(23)24)13-11(5)7-8-12(6)14(13)20(10(3)4,17(25)26)18(27)28/h9-14H,7-8H2,1-6H3,(H,21,22)(H,23,24)(H,25,26)(H,27,28). The first-order chi connectivity index (χ1) is 12.7. The van der Waals surface area contributed by atoms with Crippen molar-refractivity contribution in [2.45, 2.75) is 54.4 Å². The number of carboxylic acids is 4. The summed E-state index contributed by atoms with van der Waals surface area (Å²) in [5, 5.41) is 40.2. The van der Waals surface area contributed by atoms with Crippen LogP contribution in [0.25, 0.3) is 0 Å². The maximum Gasteiger partial charge on any atom is 0.321 e. The van der Waals surface area contributed by atoms with Gasteiger partial charge in [-0.1, -0.05) is 54.4 Å². The molecule has 0 aromatic rings. The van der Waals surface area contributed by atoms with Crippen LogP contribution in [-0.4, -0.2) is 44.3 Å². The minimum atomic E-state index is -2.29. The Kier molecular flexibility index (Phi) is 6.91. The van der Waals surface area contributed by atoms with Crippen LogP contribution in [0, 0.1) is 46.3 Å². The van der Waals surface area contributed by atoms with Crippen LogP contribution in [0.4, 0.5) is 0 Å². The van der Waals surface area contributed by atoms with Crippen LogP contribution in [0.3, 0.4) is 0 Å². The average Bonchev–Trinajstić information content (AvgIpc) is 2.51. The first-order valence-corrected chi connectivity index (χ1v) is 9.65. The van der Waals surface area contributed by atoms with Gasteiger partial charge < -0.3 is 20.4 Å². The van der Waals surface area contributed by atoms with Crippen molar-refractivity contribution in [3.8, 4) is 0 Å². The van der Waals surface area contributed by atoms with Crippen molar-refractivity contribution in [1.29, 1.82) is 0 Å². The van der Waals surface area contributed by atoms with Crippen LogP contribution in [0.5, 0.6) is 0 Å². The van der Waals surface area contributed by atoms with Gasteiger partial charge in [-0.3, -0.25) is 19.2 Å². The molecule has 0 bridgehead atoms. The SMILES string of the molecule is CC1CCC(C)C(C(C(=O)O)(C(=O)O)C(C)C)C1C(C(=O)O)(C(=O)O)C(C)C. The molecule has 28 heavy (non-hydrogen) atoms. The zero-order valence-electron chi connectivity index (χ0n) is 17.3. The fourth-order valence-corrected chi connectivity index (χ4v) is 5.57. The van der Waals surface area contributed by atoms with Crippen LogP contribution in [-0.2, 0) is 19.2 Å². The largest absolute Gasteiger partial charge is 0.480 e. The van der Waals surface area contributed by atoms with E-state index in [2.05, 4.69) is 0 Å². The number of hydrogen-bond donors (Lipinski definition) is 4. The van der Waals surface area contributed by atoms with Gasteiger partial charge in [0.25, 0.3) is 0 Å². The predicted molar refractivity (Wildman–Crippen MR) is 99.6 cm³/mol. The van der Waals surface area contributed by atoms with E-state index in [9.17, 15) is 39.6 Å². The first kappa shape index (κ1) is 23.9. The average molecular weight is 400 g/mol. The highest BCUT2D eigenvalue weighted by Gasteiger charge is 2.68. The van der Waals surface area contributed by atoms with Crippen molar-refractivity contribution in [3.05, 3.63) is 0 Å². The second-order valence-electron chi connectivity index (χ2n) is 8.85. The number of carboxylic acid groups (broad SMARTS) is 4. The Labute approximate surface area is 164 Å². The molecule has 8 nitrogen and oxygen atoms in total. The third kappa shape index (κ3) is 3.16. The van der Waals surface area contributed by atoms with E-state index in [0.717, 1.165) is 0 Å². The third-order valence-corrected chi connectivity index (χ3v) is 6.98. The zero-order chi connectivity index (χ0) is 22.2. The second-order valence-corrected chi connectivity index (χ2v) is 8.85. The molecule has 4 N–H and O–H groups in total. The molecule has 1 rings (SSSR count). The highest BCUT2D eigenvalue weighted by molar-refractivity contribution is 6.01. The molecule has 0 radical (unpaired) electrons. The summed E-state index contributed by atoms with van der Waals surface area (Å²) < 4.78 is 0. The summed E-state index contributed by atoms with van der Waals surface area (Å²) in [4.78, 5) is 49.4. The van der Waals surface area contributed by atoms with Gasteiger partial charge in [0.15, 0.2) is 10.8 Å². The van der Waals surface area contributed by atoms with Gasteiger partial charge in [-0.2, -0.15) is 0 Å². The zero-order valence-corrected chi connectivity index (χ0v) is 17.3. The fraction of sp³-hybridized carbons (Fsp3) is 0.800. The van der Waals surface area contributed by atoms with Gasteiger partial charge in [-0.15, -0.1) is 0 Å². The number of carbonyl (C=O) groups is 4. The topological polar surface area (TPSA) is 149 Å². The van der Waals surface area contributed by atoms with Gasteiger partial charge in [-0.25, -0.2) is 0 Å². The minimum absolute atomic E-state index is 0.465. The Balaban J connectivity index is 4.00.